The number of hydrogen-bond acceptors (Lipinski definition) is 6. The lowest BCUT2D eigenvalue weighted by Gasteiger charge is -2.31. The van der Waals surface area contributed by atoms with Gasteiger partial charge in [0.25, 0.3) is 0 Å². The Hall–Kier alpha value is -2.12. The van der Waals surface area contributed by atoms with Crippen molar-refractivity contribution in [2.75, 3.05) is 39.6 Å². The number of ether oxygens (including phenoxy) is 6. The average Bonchev–Trinajstić information content (AvgIpc) is 2.82. The summed E-state index contributed by atoms with van der Waals surface area (Å²) in [6, 6.07) is 12.7. The van der Waals surface area contributed by atoms with Gasteiger partial charge in [-0.3, -0.25) is 0 Å². The van der Waals surface area contributed by atoms with Crippen molar-refractivity contribution in [3.63, 3.8) is 0 Å². The highest BCUT2D eigenvalue weighted by molar-refractivity contribution is 5.38. The van der Waals surface area contributed by atoms with E-state index in [1.165, 1.54) is 11.1 Å². The number of benzene rings is 2. The van der Waals surface area contributed by atoms with Gasteiger partial charge in [0.1, 0.15) is 24.7 Å². The Labute approximate surface area is 204 Å². The molecule has 6 heteroatoms. The van der Waals surface area contributed by atoms with Crippen LogP contribution < -0.4 is 9.47 Å². The number of aryl methyl sites for hydroxylation is 2. The van der Waals surface area contributed by atoms with Gasteiger partial charge in [0, 0.05) is 0 Å². The van der Waals surface area contributed by atoms with Gasteiger partial charge >= 0.3 is 0 Å². The molecule has 1 aliphatic heterocycles. The van der Waals surface area contributed by atoms with E-state index in [-0.39, 0.29) is 0 Å². The minimum absolute atomic E-state index is 0.372. The van der Waals surface area contributed by atoms with Crippen LogP contribution in [0.4, 0.5) is 0 Å². The third-order valence-electron chi connectivity index (χ3n) is 5.87. The molecule has 1 saturated heterocycles. The first-order valence-electron chi connectivity index (χ1n) is 12.3. The van der Waals surface area contributed by atoms with Crippen molar-refractivity contribution in [3.05, 3.63) is 58.7 Å². The molecule has 6 nitrogen and oxygen atoms in total. The fourth-order valence-corrected chi connectivity index (χ4v) is 3.63. The third kappa shape index (κ3) is 7.70. The molecule has 0 N–H and O–H groups in total. The summed E-state index contributed by atoms with van der Waals surface area (Å²) >= 11 is 0. The Balaban J connectivity index is 1.42. The van der Waals surface area contributed by atoms with Gasteiger partial charge in [-0.15, -0.1) is 0 Å². The second-order valence-electron chi connectivity index (χ2n) is 9.28. The van der Waals surface area contributed by atoms with E-state index in [2.05, 4.69) is 64.1 Å². The van der Waals surface area contributed by atoms with Gasteiger partial charge in [-0.2, -0.15) is 0 Å². The van der Waals surface area contributed by atoms with Gasteiger partial charge < -0.3 is 28.4 Å². The van der Waals surface area contributed by atoms with Crippen LogP contribution in [0.2, 0.25) is 0 Å². The molecule has 188 valence electrons. The Bertz CT molecular complexity index is 821. The zero-order chi connectivity index (χ0) is 24.5. The Morgan fingerprint density at radius 1 is 0.676 bits per heavy atom. The Morgan fingerprint density at radius 2 is 1.09 bits per heavy atom. The Kier molecular flexibility index (Phi) is 10.2. The summed E-state index contributed by atoms with van der Waals surface area (Å²) < 4.78 is 35.1. The Morgan fingerprint density at radius 3 is 1.47 bits per heavy atom. The SMILES string of the molecule is Cc1ccc(C(C)C)cc1OCCO[C@H]1OCCO[C@@H]1OCCOc1cc(C(C)C)ccc1C. The molecule has 2 aromatic carbocycles. The van der Waals surface area contributed by atoms with E-state index in [0.717, 1.165) is 22.6 Å². The molecule has 0 aliphatic carbocycles. The summed E-state index contributed by atoms with van der Waals surface area (Å²) in [4.78, 5) is 0. The summed E-state index contributed by atoms with van der Waals surface area (Å²) in [7, 11) is 0. The molecule has 3 rings (SSSR count). The monoisotopic (exact) mass is 472 g/mol. The van der Waals surface area contributed by atoms with Crippen molar-refractivity contribution < 1.29 is 28.4 Å². The van der Waals surface area contributed by atoms with Crippen LogP contribution in [0.5, 0.6) is 11.5 Å². The molecule has 0 spiro atoms. The quantitative estimate of drug-likeness (QED) is 0.367. The van der Waals surface area contributed by atoms with Crippen LogP contribution in [0.15, 0.2) is 36.4 Å². The van der Waals surface area contributed by atoms with Gasteiger partial charge in [0.15, 0.2) is 0 Å². The largest absolute Gasteiger partial charge is 0.491 e. The van der Waals surface area contributed by atoms with Crippen molar-refractivity contribution >= 4 is 0 Å². The second kappa shape index (κ2) is 13.1. The van der Waals surface area contributed by atoms with E-state index in [9.17, 15) is 0 Å². The molecule has 1 aliphatic rings. The van der Waals surface area contributed by atoms with E-state index in [1.54, 1.807) is 0 Å². The molecule has 1 fully saturated rings. The van der Waals surface area contributed by atoms with Crippen LogP contribution in [-0.2, 0) is 18.9 Å². The lowest BCUT2D eigenvalue weighted by Crippen LogP contribution is -2.43. The predicted molar refractivity (Wildman–Crippen MR) is 133 cm³/mol. The highest BCUT2D eigenvalue weighted by atomic mass is 16.8. The van der Waals surface area contributed by atoms with Crippen molar-refractivity contribution in [1.82, 2.24) is 0 Å². The van der Waals surface area contributed by atoms with E-state index in [4.69, 9.17) is 28.4 Å². The average molecular weight is 473 g/mol. The van der Waals surface area contributed by atoms with Crippen LogP contribution in [0.3, 0.4) is 0 Å². The molecule has 2 aromatic rings. The van der Waals surface area contributed by atoms with E-state index < -0.39 is 12.6 Å². The first kappa shape index (κ1) is 26.5. The highest BCUT2D eigenvalue weighted by Crippen LogP contribution is 2.25. The van der Waals surface area contributed by atoms with Crippen LogP contribution >= 0.6 is 0 Å². The third-order valence-corrected chi connectivity index (χ3v) is 5.87. The van der Waals surface area contributed by atoms with Crippen molar-refractivity contribution in [2.45, 2.75) is 66.0 Å². The predicted octanol–water partition coefficient (Wildman–Crippen LogP) is 5.74. The van der Waals surface area contributed by atoms with Gasteiger partial charge in [0.05, 0.1) is 26.4 Å². The zero-order valence-electron chi connectivity index (χ0n) is 21.5. The summed E-state index contributed by atoms with van der Waals surface area (Å²) in [5.41, 5.74) is 4.73. The van der Waals surface area contributed by atoms with Gasteiger partial charge in [-0.1, -0.05) is 52.0 Å². The minimum atomic E-state index is -0.591. The maximum Gasteiger partial charge on any atom is 0.209 e. The molecular formula is C28H40O6. The van der Waals surface area contributed by atoms with E-state index >= 15 is 0 Å². The first-order valence-corrected chi connectivity index (χ1v) is 12.3. The van der Waals surface area contributed by atoms with Crippen molar-refractivity contribution in [1.29, 1.82) is 0 Å². The molecular weight excluding hydrogens is 432 g/mol. The fraction of sp³-hybridized carbons (Fsp3) is 0.571. The molecule has 0 saturated carbocycles. The molecule has 0 amide bonds. The fourth-order valence-electron chi connectivity index (χ4n) is 3.63. The van der Waals surface area contributed by atoms with Crippen LogP contribution in [-0.4, -0.2) is 52.2 Å². The summed E-state index contributed by atoms with van der Waals surface area (Å²) in [6.07, 6.45) is -1.18. The van der Waals surface area contributed by atoms with Crippen molar-refractivity contribution in [2.24, 2.45) is 0 Å². The number of rotatable bonds is 12. The van der Waals surface area contributed by atoms with Gasteiger partial charge in [0.2, 0.25) is 12.6 Å². The smallest absolute Gasteiger partial charge is 0.209 e. The summed E-state index contributed by atoms with van der Waals surface area (Å²) in [6.45, 7) is 15.3. The molecule has 2 atom stereocenters. The summed E-state index contributed by atoms with van der Waals surface area (Å²) in [5, 5.41) is 0. The molecule has 0 aromatic heterocycles. The molecule has 0 radical (unpaired) electrons. The standard InChI is InChI=1S/C28H40O6/c1-19(2)23-9-7-21(5)25(17-23)29-11-13-31-27-28(34-16-15-33-27)32-14-12-30-26-18-24(20(3)4)10-8-22(26)6/h7-10,17-20,27-28H,11-16H2,1-6H3/t27-,28-/m0/s1. The topological polar surface area (TPSA) is 55.4 Å². The van der Waals surface area contributed by atoms with E-state index in [1.807, 2.05) is 13.8 Å². The molecule has 0 unspecified atom stereocenters. The number of hydrogen-bond donors (Lipinski definition) is 0. The van der Waals surface area contributed by atoms with Crippen LogP contribution in [0.1, 0.15) is 61.8 Å². The van der Waals surface area contributed by atoms with Gasteiger partial charge in [-0.05, 0) is 60.1 Å². The molecule has 1 heterocycles. The molecule has 34 heavy (non-hydrogen) atoms. The zero-order valence-corrected chi connectivity index (χ0v) is 21.5. The van der Waals surface area contributed by atoms with Crippen LogP contribution in [0, 0.1) is 13.8 Å². The second-order valence-corrected chi connectivity index (χ2v) is 9.28. The van der Waals surface area contributed by atoms with E-state index in [0.29, 0.717) is 51.5 Å². The lowest BCUT2D eigenvalue weighted by atomic mass is 10.0. The minimum Gasteiger partial charge on any atom is -0.491 e. The maximum absolute atomic E-state index is 5.96. The van der Waals surface area contributed by atoms with Crippen LogP contribution in [0.25, 0.3) is 0 Å². The lowest BCUT2D eigenvalue weighted by molar-refractivity contribution is -0.321. The van der Waals surface area contributed by atoms with Crippen molar-refractivity contribution in [3.8, 4) is 11.5 Å². The highest BCUT2D eigenvalue weighted by Gasteiger charge is 2.28. The first-order chi connectivity index (χ1) is 16.3. The molecule has 0 bridgehead atoms. The van der Waals surface area contributed by atoms with Gasteiger partial charge in [-0.25, -0.2) is 0 Å². The normalized spacial score (nSPS) is 18.5. The maximum atomic E-state index is 5.96. The summed E-state index contributed by atoms with van der Waals surface area (Å²) in [5.74, 6) is 2.68.